The van der Waals surface area contributed by atoms with Gasteiger partial charge in [0.05, 0.1) is 0 Å². The molecular weight excluding hydrogens is 246 g/mol. The van der Waals surface area contributed by atoms with E-state index in [2.05, 4.69) is 67.4 Å². The highest BCUT2D eigenvalue weighted by atomic mass is 15.1. The van der Waals surface area contributed by atoms with Crippen LogP contribution >= 0.6 is 0 Å². The molecule has 1 unspecified atom stereocenters. The molecule has 1 heterocycles. The minimum atomic E-state index is 0.601. The quantitative estimate of drug-likeness (QED) is 0.811. The lowest BCUT2D eigenvalue weighted by Gasteiger charge is -2.26. The Labute approximate surface area is 122 Å². The van der Waals surface area contributed by atoms with E-state index in [1.54, 1.807) is 0 Å². The Morgan fingerprint density at radius 3 is 2.70 bits per heavy atom. The van der Waals surface area contributed by atoms with Crippen molar-refractivity contribution in [2.75, 3.05) is 20.6 Å². The largest absolute Gasteiger partial charge is 0.361 e. The van der Waals surface area contributed by atoms with E-state index in [9.17, 15) is 0 Å². The molecule has 1 aromatic carbocycles. The van der Waals surface area contributed by atoms with Crippen LogP contribution < -0.4 is 5.32 Å². The minimum absolute atomic E-state index is 0.601. The Balaban J connectivity index is 1.87. The van der Waals surface area contributed by atoms with Crippen LogP contribution in [0.15, 0.2) is 30.5 Å². The normalized spacial score (nSPS) is 13.5. The van der Waals surface area contributed by atoms with E-state index >= 15 is 0 Å². The first kappa shape index (κ1) is 15.1. The third-order valence-corrected chi connectivity index (χ3v) is 3.80. The van der Waals surface area contributed by atoms with E-state index in [0.717, 1.165) is 19.0 Å². The smallest absolute Gasteiger partial charge is 0.0457 e. The molecule has 0 aliphatic carbocycles. The van der Waals surface area contributed by atoms with Crippen molar-refractivity contribution < 1.29 is 0 Å². The molecule has 3 nitrogen and oxygen atoms in total. The number of hydrogen-bond acceptors (Lipinski definition) is 2. The predicted molar refractivity (Wildman–Crippen MR) is 86.9 cm³/mol. The zero-order valence-corrected chi connectivity index (χ0v) is 13.1. The summed E-state index contributed by atoms with van der Waals surface area (Å²) in [5, 5.41) is 4.87. The second-order valence-electron chi connectivity index (χ2n) is 6.28. The molecule has 20 heavy (non-hydrogen) atoms. The van der Waals surface area contributed by atoms with Gasteiger partial charge in [0.15, 0.2) is 0 Å². The van der Waals surface area contributed by atoms with Crippen LogP contribution in [-0.4, -0.2) is 36.6 Å². The van der Waals surface area contributed by atoms with Gasteiger partial charge in [-0.2, -0.15) is 0 Å². The van der Waals surface area contributed by atoms with Crippen molar-refractivity contribution in [3.8, 4) is 0 Å². The van der Waals surface area contributed by atoms with Gasteiger partial charge in [0, 0.05) is 30.8 Å². The van der Waals surface area contributed by atoms with Gasteiger partial charge >= 0.3 is 0 Å². The Morgan fingerprint density at radius 1 is 1.20 bits per heavy atom. The summed E-state index contributed by atoms with van der Waals surface area (Å²) >= 11 is 0. The second-order valence-corrected chi connectivity index (χ2v) is 6.28. The summed E-state index contributed by atoms with van der Waals surface area (Å²) in [5.74, 6) is 0.736. The van der Waals surface area contributed by atoms with Crippen molar-refractivity contribution in [2.24, 2.45) is 5.92 Å². The van der Waals surface area contributed by atoms with Gasteiger partial charge in [-0.15, -0.1) is 0 Å². The van der Waals surface area contributed by atoms with Crippen LogP contribution in [0.1, 0.15) is 25.8 Å². The molecule has 0 bridgehead atoms. The molecule has 110 valence electrons. The van der Waals surface area contributed by atoms with Crippen molar-refractivity contribution in [1.29, 1.82) is 0 Å². The molecule has 2 rings (SSSR count). The van der Waals surface area contributed by atoms with Crippen LogP contribution in [0.2, 0.25) is 0 Å². The second kappa shape index (κ2) is 6.91. The highest BCUT2D eigenvalue weighted by molar-refractivity contribution is 5.79. The molecule has 1 aromatic heterocycles. The minimum Gasteiger partial charge on any atom is -0.361 e. The zero-order valence-electron chi connectivity index (χ0n) is 13.1. The fourth-order valence-electron chi connectivity index (χ4n) is 2.61. The third kappa shape index (κ3) is 4.09. The molecule has 2 aromatic rings. The molecule has 1 atom stereocenters. The summed E-state index contributed by atoms with van der Waals surface area (Å²) in [5.41, 5.74) is 2.55. The molecule has 0 amide bonds. The van der Waals surface area contributed by atoms with Crippen molar-refractivity contribution in [1.82, 2.24) is 15.2 Å². The van der Waals surface area contributed by atoms with Gasteiger partial charge in [0.2, 0.25) is 0 Å². The number of benzene rings is 1. The summed E-state index contributed by atoms with van der Waals surface area (Å²) in [6, 6.07) is 9.33. The van der Waals surface area contributed by atoms with Crippen LogP contribution in [0, 0.1) is 5.92 Å². The molecular formula is C17H27N3. The van der Waals surface area contributed by atoms with Gasteiger partial charge in [-0.25, -0.2) is 0 Å². The Kier molecular flexibility index (Phi) is 5.21. The number of aromatic nitrogens is 1. The molecule has 0 fully saturated rings. The lowest BCUT2D eigenvalue weighted by molar-refractivity contribution is 0.246. The van der Waals surface area contributed by atoms with E-state index in [4.69, 9.17) is 0 Å². The molecule has 0 aliphatic heterocycles. The monoisotopic (exact) mass is 273 g/mol. The van der Waals surface area contributed by atoms with Gasteiger partial charge in [0.1, 0.15) is 0 Å². The van der Waals surface area contributed by atoms with Gasteiger partial charge in [-0.05, 0) is 49.5 Å². The summed E-state index contributed by atoms with van der Waals surface area (Å²) in [7, 11) is 4.33. The lowest BCUT2D eigenvalue weighted by Crippen LogP contribution is -2.38. The van der Waals surface area contributed by atoms with Gasteiger partial charge < -0.3 is 15.2 Å². The number of likely N-dealkylation sites (N-methyl/N-ethyl adjacent to an activating group) is 1. The topological polar surface area (TPSA) is 31.1 Å². The average molecular weight is 273 g/mol. The van der Waals surface area contributed by atoms with Crippen molar-refractivity contribution in [2.45, 2.75) is 32.9 Å². The fourth-order valence-corrected chi connectivity index (χ4v) is 2.61. The Hall–Kier alpha value is -1.32. The van der Waals surface area contributed by atoms with Gasteiger partial charge in [0.25, 0.3) is 0 Å². The predicted octanol–water partition coefficient (Wildman–Crippen LogP) is 3.23. The maximum atomic E-state index is 3.59. The summed E-state index contributed by atoms with van der Waals surface area (Å²) in [6.45, 7) is 6.54. The van der Waals surface area contributed by atoms with E-state index in [-0.39, 0.29) is 0 Å². The number of rotatable bonds is 7. The van der Waals surface area contributed by atoms with Crippen molar-refractivity contribution in [3.63, 3.8) is 0 Å². The summed E-state index contributed by atoms with van der Waals surface area (Å²) in [4.78, 5) is 5.59. The molecule has 2 N–H and O–H groups in total. The number of nitrogens with one attached hydrogen (secondary N) is 2. The first-order valence-electron chi connectivity index (χ1n) is 7.49. The maximum Gasteiger partial charge on any atom is 0.0457 e. The molecule has 0 radical (unpaired) electrons. The fraction of sp³-hybridized carbons (Fsp3) is 0.529. The maximum absolute atomic E-state index is 3.59. The van der Waals surface area contributed by atoms with Crippen LogP contribution in [0.5, 0.6) is 0 Å². The van der Waals surface area contributed by atoms with Crippen LogP contribution in [0.3, 0.4) is 0 Å². The van der Waals surface area contributed by atoms with Crippen LogP contribution in [0.25, 0.3) is 10.9 Å². The number of nitrogens with zero attached hydrogens (tertiary/aromatic N) is 1. The van der Waals surface area contributed by atoms with E-state index < -0.39 is 0 Å². The zero-order chi connectivity index (χ0) is 14.5. The van der Waals surface area contributed by atoms with E-state index in [1.807, 2.05) is 6.20 Å². The van der Waals surface area contributed by atoms with E-state index in [0.29, 0.717) is 6.04 Å². The number of aromatic amines is 1. The lowest BCUT2D eigenvalue weighted by atomic mass is 10.0. The van der Waals surface area contributed by atoms with Crippen LogP contribution in [0.4, 0.5) is 0 Å². The third-order valence-electron chi connectivity index (χ3n) is 3.80. The molecule has 0 saturated heterocycles. The van der Waals surface area contributed by atoms with Crippen LogP contribution in [-0.2, 0) is 6.54 Å². The molecule has 0 aliphatic rings. The summed E-state index contributed by atoms with van der Waals surface area (Å²) in [6.07, 6.45) is 3.22. The first-order chi connectivity index (χ1) is 9.56. The van der Waals surface area contributed by atoms with Gasteiger partial charge in [-0.1, -0.05) is 26.0 Å². The highest BCUT2D eigenvalue weighted by Gasteiger charge is 2.12. The number of hydrogen-bond donors (Lipinski definition) is 2. The molecule has 0 saturated carbocycles. The standard InChI is InChI=1S/C17H27N3/c1-13(2)9-16(20(3)4)12-18-11-14-5-6-15-7-8-19-17(15)10-14/h5-8,10,13,16,18-19H,9,11-12H2,1-4H3. The number of fused-ring (bicyclic) bond motifs is 1. The first-order valence-corrected chi connectivity index (χ1v) is 7.49. The highest BCUT2D eigenvalue weighted by Crippen LogP contribution is 2.14. The Bertz CT molecular complexity index is 528. The van der Waals surface area contributed by atoms with Gasteiger partial charge in [-0.3, -0.25) is 0 Å². The average Bonchev–Trinajstić information content (AvgIpc) is 2.84. The summed E-state index contributed by atoms with van der Waals surface area (Å²) < 4.78 is 0. The molecule has 0 spiro atoms. The Morgan fingerprint density at radius 2 is 2.00 bits per heavy atom. The number of H-pyrrole nitrogens is 1. The SMILES string of the molecule is CC(C)CC(CNCc1ccc2cc[nH]c2c1)N(C)C. The van der Waals surface area contributed by atoms with Crippen molar-refractivity contribution in [3.05, 3.63) is 36.0 Å². The molecule has 3 heteroatoms. The van der Waals surface area contributed by atoms with Crippen molar-refractivity contribution >= 4 is 10.9 Å². The van der Waals surface area contributed by atoms with E-state index in [1.165, 1.54) is 22.9 Å².